The van der Waals surface area contributed by atoms with Crippen molar-refractivity contribution in [2.45, 2.75) is 13.5 Å². The van der Waals surface area contributed by atoms with Crippen LogP contribution in [0, 0.1) is 17.0 Å². The maximum Gasteiger partial charge on any atom is 0.269 e. The molecule has 9 nitrogen and oxygen atoms in total. The number of amides is 1. The standard InChI is InChI=1S/C21H18N6O3/c1-15-13-20(26(24-15)18-7-9-19(10-8-18)27(29)30)23-21(28)17-5-3-16(4-6-17)14-25-12-2-11-22-25/h2-13H,14H2,1H3,(H,23,28). The molecule has 4 aromatic rings. The second-order valence-electron chi connectivity index (χ2n) is 6.71. The summed E-state index contributed by atoms with van der Waals surface area (Å²) in [6, 6.07) is 16.9. The monoisotopic (exact) mass is 402 g/mol. The minimum Gasteiger partial charge on any atom is -0.306 e. The number of aryl methyl sites for hydroxylation is 1. The fraction of sp³-hybridized carbons (Fsp3) is 0.0952. The van der Waals surface area contributed by atoms with E-state index in [0.29, 0.717) is 29.3 Å². The first-order valence-electron chi connectivity index (χ1n) is 9.19. The van der Waals surface area contributed by atoms with Gasteiger partial charge in [-0.05, 0) is 42.8 Å². The Bertz CT molecular complexity index is 1180. The topological polar surface area (TPSA) is 108 Å². The number of carbonyl (C=O) groups excluding carboxylic acids is 1. The summed E-state index contributed by atoms with van der Waals surface area (Å²) >= 11 is 0. The van der Waals surface area contributed by atoms with Gasteiger partial charge in [-0.15, -0.1) is 0 Å². The van der Waals surface area contributed by atoms with Gasteiger partial charge in [0.15, 0.2) is 0 Å². The van der Waals surface area contributed by atoms with Crippen LogP contribution in [0.3, 0.4) is 0 Å². The molecular weight excluding hydrogens is 384 g/mol. The van der Waals surface area contributed by atoms with Crippen LogP contribution in [0.2, 0.25) is 0 Å². The number of nitro benzene ring substituents is 1. The molecular formula is C21H18N6O3. The van der Waals surface area contributed by atoms with Crippen LogP contribution in [-0.2, 0) is 6.54 Å². The van der Waals surface area contributed by atoms with E-state index in [1.54, 1.807) is 45.9 Å². The zero-order valence-electron chi connectivity index (χ0n) is 16.1. The molecule has 9 heteroatoms. The molecule has 0 bridgehead atoms. The maximum absolute atomic E-state index is 12.7. The van der Waals surface area contributed by atoms with Crippen LogP contribution in [0.5, 0.6) is 0 Å². The lowest BCUT2D eigenvalue weighted by Gasteiger charge is -2.09. The van der Waals surface area contributed by atoms with E-state index in [4.69, 9.17) is 0 Å². The summed E-state index contributed by atoms with van der Waals surface area (Å²) in [5.41, 5.74) is 2.84. The van der Waals surface area contributed by atoms with Crippen LogP contribution in [0.15, 0.2) is 73.1 Å². The van der Waals surface area contributed by atoms with Crippen LogP contribution in [0.1, 0.15) is 21.6 Å². The third kappa shape index (κ3) is 4.09. The molecule has 0 unspecified atom stereocenters. The lowest BCUT2D eigenvalue weighted by atomic mass is 10.1. The normalized spacial score (nSPS) is 10.7. The highest BCUT2D eigenvalue weighted by molar-refractivity contribution is 6.04. The van der Waals surface area contributed by atoms with Gasteiger partial charge in [-0.1, -0.05) is 12.1 Å². The first kappa shape index (κ1) is 19.1. The minimum absolute atomic E-state index is 0.0107. The van der Waals surface area contributed by atoms with Gasteiger partial charge in [0.1, 0.15) is 5.82 Å². The quantitative estimate of drug-likeness (QED) is 0.392. The number of rotatable bonds is 6. The van der Waals surface area contributed by atoms with E-state index in [1.807, 2.05) is 31.3 Å². The van der Waals surface area contributed by atoms with Gasteiger partial charge >= 0.3 is 0 Å². The molecule has 1 amide bonds. The summed E-state index contributed by atoms with van der Waals surface area (Å²) in [6.07, 6.45) is 3.60. The molecule has 2 heterocycles. The van der Waals surface area contributed by atoms with Gasteiger partial charge in [-0.3, -0.25) is 19.6 Å². The molecule has 4 rings (SSSR count). The summed E-state index contributed by atoms with van der Waals surface area (Å²) in [5.74, 6) is 0.204. The first-order valence-corrected chi connectivity index (χ1v) is 9.19. The second kappa shape index (κ2) is 8.00. The zero-order valence-corrected chi connectivity index (χ0v) is 16.1. The fourth-order valence-electron chi connectivity index (χ4n) is 3.03. The van der Waals surface area contributed by atoms with Crippen LogP contribution < -0.4 is 5.32 Å². The predicted octanol–water partition coefficient (Wildman–Crippen LogP) is 3.59. The predicted molar refractivity (Wildman–Crippen MR) is 111 cm³/mol. The minimum atomic E-state index is -0.461. The Kier molecular flexibility index (Phi) is 5.08. The number of hydrogen-bond acceptors (Lipinski definition) is 5. The smallest absolute Gasteiger partial charge is 0.269 e. The Labute approximate surface area is 171 Å². The van der Waals surface area contributed by atoms with Crippen LogP contribution in [0.25, 0.3) is 5.69 Å². The van der Waals surface area contributed by atoms with Gasteiger partial charge in [-0.2, -0.15) is 10.2 Å². The van der Waals surface area contributed by atoms with E-state index in [2.05, 4.69) is 15.5 Å². The summed E-state index contributed by atoms with van der Waals surface area (Å²) in [4.78, 5) is 23.1. The number of non-ortho nitro benzene ring substituents is 1. The lowest BCUT2D eigenvalue weighted by molar-refractivity contribution is -0.384. The number of benzene rings is 2. The van der Waals surface area contributed by atoms with Gasteiger partial charge in [0.2, 0.25) is 0 Å². The number of nitrogens with zero attached hydrogens (tertiary/aromatic N) is 5. The van der Waals surface area contributed by atoms with Gasteiger partial charge in [0, 0.05) is 36.2 Å². The van der Waals surface area contributed by atoms with E-state index in [-0.39, 0.29) is 11.6 Å². The van der Waals surface area contributed by atoms with Crippen molar-refractivity contribution in [3.8, 4) is 5.69 Å². The molecule has 0 aliphatic heterocycles. The Morgan fingerprint density at radius 2 is 1.87 bits per heavy atom. The Balaban J connectivity index is 1.51. The van der Waals surface area contributed by atoms with E-state index < -0.39 is 4.92 Å². The molecule has 0 radical (unpaired) electrons. The summed E-state index contributed by atoms with van der Waals surface area (Å²) < 4.78 is 3.35. The van der Waals surface area contributed by atoms with Crippen molar-refractivity contribution in [1.29, 1.82) is 0 Å². The summed E-state index contributed by atoms with van der Waals surface area (Å²) in [6.45, 7) is 2.43. The summed E-state index contributed by atoms with van der Waals surface area (Å²) in [7, 11) is 0. The molecule has 1 N–H and O–H groups in total. The van der Waals surface area contributed by atoms with Crippen molar-refractivity contribution in [2.75, 3.05) is 5.32 Å². The van der Waals surface area contributed by atoms with Gasteiger partial charge in [0.25, 0.3) is 11.6 Å². The SMILES string of the molecule is Cc1cc(NC(=O)c2ccc(Cn3cccn3)cc2)n(-c2ccc([N+](=O)[O-])cc2)n1. The molecule has 0 atom stereocenters. The van der Waals surface area contributed by atoms with Crippen molar-refractivity contribution in [2.24, 2.45) is 0 Å². The molecule has 30 heavy (non-hydrogen) atoms. The van der Waals surface area contributed by atoms with Gasteiger partial charge in [-0.25, -0.2) is 4.68 Å². The van der Waals surface area contributed by atoms with Crippen LogP contribution in [0.4, 0.5) is 11.5 Å². The maximum atomic E-state index is 12.7. The first-order chi connectivity index (χ1) is 14.5. The highest BCUT2D eigenvalue weighted by Crippen LogP contribution is 2.21. The number of carbonyl (C=O) groups is 1. The summed E-state index contributed by atoms with van der Waals surface area (Å²) in [5, 5.41) is 22.3. The molecule has 2 aromatic carbocycles. The Hall–Kier alpha value is -4.27. The zero-order chi connectivity index (χ0) is 21.1. The third-order valence-electron chi connectivity index (χ3n) is 4.50. The van der Waals surface area contributed by atoms with Gasteiger partial charge < -0.3 is 5.32 Å². The number of nitro groups is 1. The average Bonchev–Trinajstić information content (AvgIpc) is 3.38. The number of hydrogen-bond donors (Lipinski definition) is 1. The Morgan fingerprint density at radius 1 is 1.13 bits per heavy atom. The average molecular weight is 402 g/mol. The van der Waals surface area contributed by atoms with Crippen LogP contribution >= 0.6 is 0 Å². The molecule has 0 spiro atoms. The van der Waals surface area contributed by atoms with E-state index in [9.17, 15) is 14.9 Å². The highest BCUT2D eigenvalue weighted by Gasteiger charge is 2.14. The molecule has 0 saturated heterocycles. The number of anilines is 1. The molecule has 0 aliphatic carbocycles. The molecule has 0 fully saturated rings. The van der Waals surface area contributed by atoms with E-state index >= 15 is 0 Å². The van der Waals surface area contributed by atoms with Crippen molar-refractivity contribution in [3.63, 3.8) is 0 Å². The number of aromatic nitrogens is 4. The molecule has 0 saturated carbocycles. The van der Waals surface area contributed by atoms with Crippen molar-refractivity contribution in [3.05, 3.63) is 100.0 Å². The molecule has 150 valence electrons. The lowest BCUT2D eigenvalue weighted by Crippen LogP contribution is -2.15. The van der Waals surface area contributed by atoms with Crippen molar-refractivity contribution in [1.82, 2.24) is 19.6 Å². The van der Waals surface area contributed by atoms with Gasteiger partial charge in [0.05, 0.1) is 22.8 Å². The third-order valence-corrected chi connectivity index (χ3v) is 4.50. The van der Waals surface area contributed by atoms with Crippen molar-refractivity contribution >= 4 is 17.4 Å². The Morgan fingerprint density at radius 3 is 2.50 bits per heavy atom. The highest BCUT2D eigenvalue weighted by atomic mass is 16.6. The second-order valence-corrected chi connectivity index (χ2v) is 6.71. The van der Waals surface area contributed by atoms with E-state index in [1.165, 1.54) is 12.1 Å². The molecule has 2 aromatic heterocycles. The van der Waals surface area contributed by atoms with E-state index in [0.717, 1.165) is 5.56 Å². The van der Waals surface area contributed by atoms with Crippen LogP contribution in [-0.4, -0.2) is 30.4 Å². The fourth-order valence-corrected chi connectivity index (χ4v) is 3.03. The number of nitrogens with one attached hydrogen (secondary N) is 1. The van der Waals surface area contributed by atoms with Crippen molar-refractivity contribution < 1.29 is 9.72 Å². The largest absolute Gasteiger partial charge is 0.306 e. The molecule has 0 aliphatic rings.